The predicted molar refractivity (Wildman–Crippen MR) is 76.9 cm³/mol. The first-order valence-corrected chi connectivity index (χ1v) is 6.17. The molecular formula is C14H17N3O4. The van der Waals surface area contributed by atoms with E-state index in [0.29, 0.717) is 34.5 Å². The minimum absolute atomic E-state index is 0.256. The van der Waals surface area contributed by atoms with Crippen molar-refractivity contribution in [3.8, 4) is 23.0 Å². The first kappa shape index (κ1) is 14.7. The van der Waals surface area contributed by atoms with E-state index in [-0.39, 0.29) is 6.61 Å². The van der Waals surface area contributed by atoms with Gasteiger partial charge in [-0.2, -0.15) is 0 Å². The summed E-state index contributed by atoms with van der Waals surface area (Å²) in [5, 5.41) is 0. The van der Waals surface area contributed by atoms with Crippen molar-refractivity contribution in [2.45, 2.75) is 6.61 Å². The summed E-state index contributed by atoms with van der Waals surface area (Å²) >= 11 is 0. The lowest BCUT2D eigenvalue weighted by Gasteiger charge is -2.14. The quantitative estimate of drug-likeness (QED) is 0.865. The summed E-state index contributed by atoms with van der Waals surface area (Å²) in [6.45, 7) is 0.256. The van der Waals surface area contributed by atoms with Crippen LogP contribution >= 0.6 is 0 Å². The molecule has 0 aliphatic rings. The maximum absolute atomic E-state index is 5.66. The van der Waals surface area contributed by atoms with Gasteiger partial charge in [-0.3, -0.25) is 4.98 Å². The smallest absolute Gasteiger partial charge is 0.203 e. The Kier molecular flexibility index (Phi) is 4.65. The molecule has 0 aliphatic heterocycles. The average Bonchev–Trinajstić information content (AvgIpc) is 2.53. The van der Waals surface area contributed by atoms with E-state index >= 15 is 0 Å². The minimum atomic E-state index is 0.256. The van der Waals surface area contributed by atoms with Crippen molar-refractivity contribution in [1.82, 2.24) is 9.97 Å². The Labute approximate surface area is 122 Å². The summed E-state index contributed by atoms with van der Waals surface area (Å²) in [6.07, 6.45) is 3.04. The molecule has 1 aromatic heterocycles. The van der Waals surface area contributed by atoms with Crippen LogP contribution in [0.15, 0.2) is 24.5 Å². The van der Waals surface area contributed by atoms with Crippen LogP contribution in [0.4, 0.5) is 5.82 Å². The number of nitrogen functional groups attached to an aromatic ring is 1. The summed E-state index contributed by atoms with van der Waals surface area (Å²) < 4.78 is 21.4. The largest absolute Gasteiger partial charge is 0.493 e. The molecule has 7 nitrogen and oxygen atoms in total. The summed E-state index contributed by atoms with van der Waals surface area (Å²) in [6, 6.07) is 3.43. The maximum Gasteiger partial charge on any atom is 0.203 e. The number of benzene rings is 1. The zero-order valence-corrected chi connectivity index (χ0v) is 12.1. The minimum Gasteiger partial charge on any atom is -0.493 e. The number of rotatable bonds is 6. The fraction of sp³-hybridized carbons (Fsp3) is 0.286. The fourth-order valence-electron chi connectivity index (χ4n) is 1.74. The molecule has 1 aromatic carbocycles. The summed E-state index contributed by atoms with van der Waals surface area (Å²) in [5.74, 6) is 2.50. The molecule has 2 rings (SSSR count). The lowest BCUT2D eigenvalue weighted by atomic mass is 10.2. The Bertz CT molecular complexity index is 577. The van der Waals surface area contributed by atoms with Crippen molar-refractivity contribution < 1.29 is 18.9 Å². The summed E-state index contributed by atoms with van der Waals surface area (Å²) in [7, 11) is 4.64. The predicted octanol–water partition coefficient (Wildman–Crippen LogP) is 1.66. The molecule has 7 heteroatoms. The van der Waals surface area contributed by atoms with Gasteiger partial charge in [0.2, 0.25) is 5.75 Å². The van der Waals surface area contributed by atoms with Crippen LogP contribution in [-0.4, -0.2) is 31.3 Å². The van der Waals surface area contributed by atoms with Crippen LogP contribution in [0.3, 0.4) is 0 Å². The van der Waals surface area contributed by atoms with E-state index in [9.17, 15) is 0 Å². The van der Waals surface area contributed by atoms with Crippen LogP contribution in [0, 0.1) is 0 Å². The molecule has 112 valence electrons. The second kappa shape index (κ2) is 6.65. The van der Waals surface area contributed by atoms with Gasteiger partial charge >= 0.3 is 0 Å². The van der Waals surface area contributed by atoms with Gasteiger partial charge in [0.05, 0.1) is 39.4 Å². The molecular weight excluding hydrogens is 274 g/mol. The van der Waals surface area contributed by atoms with Crippen molar-refractivity contribution in [3.05, 3.63) is 30.2 Å². The standard InChI is InChI=1S/C14H17N3O4/c1-18-11-4-10(5-12(19-2)14(11)20-3)21-8-9-6-17-13(15)7-16-9/h4-7H,8H2,1-3H3,(H2,15,17). The van der Waals surface area contributed by atoms with Crippen molar-refractivity contribution >= 4 is 5.82 Å². The Morgan fingerprint density at radius 2 is 1.62 bits per heavy atom. The highest BCUT2D eigenvalue weighted by molar-refractivity contribution is 5.55. The number of hydrogen-bond donors (Lipinski definition) is 1. The van der Waals surface area contributed by atoms with Crippen molar-refractivity contribution in [2.24, 2.45) is 0 Å². The molecule has 0 unspecified atom stereocenters. The molecule has 21 heavy (non-hydrogen) atoms. The van der Waals surface area contributed by atoms with E-state index < -0.39 is 0 Å². The molecule has 0 bridgehead atoms. The Hall–Kier alpha value is -2.70. The first-order valence-electron chi connectivity index (χ1n) is 6.17. The molecule has 0 aliphatic carbocycles. The molecule has 0 fully saturated rings. The number of nitrogens with zero attached hydrogens (tertiary/aromatic N) is 2. The first-order chi connectivity index (χ1) is 10.2. The zero-order chi connectivity index (χ0) is 15.2. The van der Waals surface area contributed by atoms with Crippen LogP contribution in [0.2, 0.25) is 0 Å². The van der Waals surface area contributed by atoms with Crippen LogP contribution < -0.4 is 24.7 Å². The third-order valence-electron chi connectivity index (χ3n) is 2.75. The fourth-order valence-corrected chi connectivity index (χ4v) is 1.74. The van der Waals surface area contributed by atoms with E-state index in [1.165, 1.54) is 6.20 Å². The number of aromatic nitrogens is 2. The number of nitrogens with two attached hydrogens (primary N) is 1. The van der Waals surface area contributed by atoms with Crippen LogP contribution in [-0.2, 0) is 6.61 Å². The lowest BCUT2D eigenvalue weighted by molar-refractivity contribution is 0.287. The van der Waals surface area contributed by atoms with E-state index in [4.69, 9.17) is 24.7 Å². The van der Waals surface area contributed by atoms with Crippen LogP contribution in [0.5, 0.6) is 23.0 Å². The molecule has 0 spiro atoms. The van der Waals surface area contributed by atoms with Gasteiger partial charge in [-0.15, -0.1) is 0 Å². The lowest BCUT2D eigenvalue weighted by Crippen LogP contribution is -2.02. The Morgan fingerprint density at radius 3 is 2.10 bits per heavy atom. The van der Waals surface area contributed by atoms with Gasteiger partial charge in [0.15, 0.2) is 11.5 Å². The van der Waals surface area contributed by atoms with E-state index in [0.717, 1.165) is 0 Å². The highest BCUT2D eigenvalue weighted by Gasteiger charge is 2.14. The maximum atomic E-state index is 5.66. The van der Waals surface area contributed by atoms with Gasteiger partial charge in [-0.05, 0) is 0 Å². The molecule has 1 heterocycles. The van der Waals surface area contributed by atoms with Crippen LogP contribution in [0.1, 0.15) is 5.69 Å². The van der Waals surface area contributed by atoms with Gasteiger partial charge in [0.25, 0.3) is 0 Å². The number of anilines is 1. The van der Waals surface area contributed by atoms with Crippen molar-refractivity contribution in [3.63, 3.8) is 0 Å². The topological polar surface area (TPSA) is 88.7 Å². The van der Waals surface area contributed by atoms with E-state index in [1.807, 2.05) is 0 Å². The van der Waals surface area contributed by atoms with Gasteiger partial charge < -0.3 is 24.7 Å². The molecule has 0 saturated carbocycles. The van der Waals surface area contributed by atoms with Crippen LogP contribution in [0.25, 0.3) is 0 Å². The highest BCUT2D eigenvalue weighted by atomic mass is 16.5. The number of ether oxygens (including phenoxy) is 4. The average molecular weight is 291 g/mol. The monoisotopic (exact) mass is 291 g/mol. The highest BCUT2D eigenvalue weighted by Crippen LogP contribution is 2.40. The second-order valence-corrected chi connectivity index (χ2v) is 4.08. The third-order valence-corrected chi connectivity index (χ3v) is 2.75. The molecule has 2 N–H and O–H groups in total. The molecule has 0 amide bonds. The number of methoxy groups -OCH3 is 3. The normalized spacial score (nSPS) is 10.0. The van der Waals surface area contributed by atoms with E-state index in [2.05, 4.69) is 9.97 Å². The van der Waals surface area contributed by atoms with E-state index in [1.54, 1.807) is 39.7 Å². The number of hydrogen-bond acceptors (Lipinski definition) is 7. The molecule has 0 radical (unpaired) electrons. The SMILES string of the molecule is COc1cc(OCc2cnc(N)cn2)cc(OC)c1OC. The third kappa shape index (κ3) is 3.44. The molecule has 2 aromatic rings. The van der Waals surface area contributed by atoms with Crippen molar-refractivity contribution in [2.75, 3.05) is 27.1 Å². The molecule has 0 saturated heterocycles. The summed E-state index contributed by atoms with van der Waals surface area (Å²) in [5.41, 5.74) is 6.15. The Balaban J connectivity index is 2.18. The van der Waals surface area contributed by atoms with Gasteiger partial charge in [0, 0.05) is 12.1 Å². The van der Waals surface area contributed by atoms with Gasteiger partial charge in [-0.25, -0.2) is 4.98 Å². The van der Waals surface area contributed by atoms with Gasteiger partial charge in [-0.1, -0.05) is 0 Å². The second-order valence-electron chi connectivity index (χ2n) is 4.08. The van der Waals surface area contributed by atoms with Crippen molar-refractivity contribution in [1.29, 1.82) is 0 Å². The Morgan fingerprint density at radius 1 is 0.952 bits per heavy atom. The summed E-state index contributed by atoms with van der Waals surface area (Å²) in [4.78, 5) is 8.06. The zero-order valence-electron chi connectivity index (χ0n) is 12.1. The molecule has 0 atom stereocenters. The van der Waals surface area contributed by atoms with Gasteiger partial charge in [0.1, 0.15) is 18.2 Å².